The Kier molecular flexibility index (Phi) is 3.89. The molecule has 0 aliphatic rings. The van der Waals surface area contributed by atoms with Crippen molar-refractivity contribution in [1.29, 1.82) is 0 Å². The molecule has 0 aliphatic carbocycles. The molecule has 14 heavy (non-hydrogen) atoms. The fourth-order valence-corrected chi connectivity index (χ4v) is 1.62. The molecule has 0 saturated carbocycles. The Bertz CT molecular complexity index is 324. The van der Waals surface area contributed by atoms with E-state index in [4.69, 9.17) is 11.6 Å². The van der Waals surface area contributed by atoms with Crippen LogP contribution in [0.15, 0.2) is 23.4 Å². The summed E-state index contributed by atoms with van der Waals surface area (Å²) in [6.07, 6.45) is 0. The Hall–Kier alpha value is -1.09. The van der Waals surface area contributed by atoms with Gasteiger partial charge in [0.2, 0.25) is 0 Å². The van der Waals surface area contributed by atoms with E-state index in [-0.39, 0.29) is 0 Å². The molecule has 0 heterocycles. The Balaban J connectivity index is 3.18. The van der Waals surface area contributed by atoms with Crippen LogP contribution in [0.25, 0.3) is 0 Å². The monoisotopic (exact) mass is 212 g/mol. The number of anilines is 1. The zero-order valence-electron chi connectivity index (χ0n) is 8.33. The lowest BCUT2D eigenvalue weighted by atomic mass is 10.2. The lowest BCUT2D eigenvalue weighted by molar-refractivity contribution is 0.866. The maximum atomic E-state index is 10.6. The second-order valence-corrected chi connectivity index (χ2v) is 3.28. The molecule has 0 amide bonds. The van der Waals surface area contributed by atoms with Gasteiger partial charge in [-0.1, -0.05) is 17.7 Å². The molecule has 0 unspecified atom stereocenters. The smallest absolute Gasteiger partial charge is 0.149 e. The molecule has 0 fully saturated rings. The highest BCUT2D eigenvalue weighted by Gasteiger charge is 2.11. The molecular weight excluding hydrogens is 200 g/mol. The second-order valence-electron chi connectivity index (χ2n) is 2.87. The van der Waals surface area contributed by atoms with Crippen LogP contribution in [0.3, 0.4) is 0 Å². The number of benzene rings is 1. The van der Waals surface area contributed by atoms with Crippen molar-refractivity contribution in [3.63, 3.8) is 0 Å². The van der Waals surface area contributed by atoms with Crippen LogP contribution < -0.4 is 4.90 Å². The molecule has 0 atom stereocenters. The average Bonchev–Trinajstić information content (AvgIpc) is 2.20. The number of nitrogens with zero attached hydrogens (tertiary/aromatic N) is 2. The van der Waals surface area contributed by atoms with Gasteiger partial charge in [-0.3, -0.25) is 0 Å². The Morgan fingerprint density at radius 3 is 2.50 bits per heavy atom. The van der Waals surface area contributed by atoms with Crippen molar-refractivity contribution in [3.05, 3.63) is 28.1 Å². The standard InChI is InChI=1S/C10H13ClN2O/c1-3-13(4-2)9-7-5-6-8(11)10(9)12-14/h5-7H,3-4H2,1-2H3. The summed E-state index contributed by atoms with van der Waals surface area (Å²) in [5.41, 5.74) is 1.13. The molecule has 0 aromatic heterocycles. The predicted octanol–water partition coefficient (Wildman–Crippen LogP) is 3.58. The van der Waals surface area contributed by atoms with Gasteiger partial charge in [0.15, 0.2) is 0 Å². The van der Waals surface area contributed by atoms with Crippen LogP contribution in [0.5, 0.6) is 0 Å². The normalized spacial score (nSPS) is 9.93. The SMILES string of the molecule is CCN(CC)c1cccc(Cl)c1N=O. The zero-order valence-corrected chi connectivity index (χ0v) is 9.08. The van der Waals surface area contributed by atoms with Crippen molar-refractivity contribution in [2.45, 2.75) is 13.8 Å². The molecule has 0 spiro atoms. The van der Waals surface area contributed by atoms with Crippen LogP contribution in [0.2, 0.25) is 5.02 Å². The number of hydrogen-bond acceptors (Lipinski definition) is 3. The molecule has 0 aliphatic heterocycles. The summed E-state index contributed by atoms with van der Waals surface area (Å²) in [5, 5.41) is 3.37. The van der Waals surface area contributed by atoms with E-state index >= 15 is 0 Å². The fraction of sp³-hybridized carbons (Fsp3) is 0.400. The fourth-order valence-electron chi connectivity index (χ4n) is 1.41. The van der Waals surface area contributed by atoms with Crippen molar-refractivity contribution in [2.24, 2.45) is 5.18 Å². The van der Waals surface area contributed by atoms with Gasteiger partial charge in [0.05, 0.1) is 10.7 Å². The van der Waals surface area contributed by atoms with Gasteiger partial charge in [0.25, 0.3) is 0 Å². The summed E-state index contributed by atoms with van der Waals surface area (Å²) in [5.74, 6) is 0. The zero-order chi connectivity index (χ0) is 10.6. The first-order chi connectivity index (χ1) is 6.74. The Morgan fingerprint density at radius 2 is 2.00 bits per heavy atom. The molecule has 0 bridgehead atoms. The molecule has 1 rings (SSSR count). The summed E-state index contributed by atoms with van der Waals surface area (Å²) < 4.78 is 0. The summed E-state index contributed by atoms with van der Waals surface area (Å²) >= 11 is 5.87. The van der Waals surface area contributed by atoms with Gasteiger partial charge >= 0.3 is 0 Å². The van der Waals surface area contributed by atoms with Crippen molar-refractivity contribution < 1.29 is 0 Å². The summed E-state index contributed by atoms with van der Waals surface area (Å²) in [7, 11) is 0. The summed E-state index contributed by atoms with van der Waals surface area (Å²) in [6.45, 7) is 5.72. The number of halogens is 1. The third-order valence-electron chi connectivity index (χ3n) is 2.16. The van der Waals surface area contributed by atoms with Crippen LogP contribution in [-0.2, 0) is 0 Å². The highest BCUT2D eigenvalue weighted by Crippen LogP contribution is 2.35. The lowest BCUT2D eigenvalue weighted by Crippen LogP contribution is -2.21. The van der Waals surface area contributed by atoms with E-state index in [0.29, 0.717) is 10.7 Å². The number of hydrogen-bond donors (Lipinski definition) is 0. The highest BCUT2D eigenvalue weighted by atomic mass is 35.5. The Labute approximate surface area is 88.6 Å². The van der Waals surface area contributed by atoms with E-state index in [2.05, 4.69) is 5.18 Å². The van der Waals surface area contributed by atoms with E-state index in [1.807, 2.05) is 30.9 Å². The van der Waals surface area contributed by atoms with Gasteiger partial charge in [-0.15, -0.1) is 4.91 Å². The van der Waals surface area contributed by atoms with Crippen LogP contribution in [0, 0.1) is 4.91 Å². The molecule has 0 saturated heterocycles. The van der Waals surface area contributed by atoms with Crippen molar-refractivity contribution in [1.82, 2.24) is 0 Å². The van der Waals surface area contributed by atoms with Crippen LogP contribution in [0.4, 0.5) is 11.4 Å². The van der Waals surface area contributed by atoms with Gasteiger partial charge in [-0.25, -0.2) is 0 Å². The van der Waals surface area contributed by atoms with E-state index in [1.54, 1.807) is 6.07 Å². The third-order valence-corrected chi connectivity index (χ3v) is 2.47. The molecule has 4 heteroatoms. The van der Waals surface area contributed by atoms with Crippen molar-refractivity contribution >= 4 is 23.0 Å². The van der Waals surface area contributed by atoms with Gasteiger partial charge in [-0.2, -0.15) is 0 Å². The number of nitroso groups, excluding NO2 is 1. The van der Waals surface area contributed by atoms with Crippen LogP contribution >= 0.6 is 11.6 Å². The minimum absolute atomic E-state index is 0.331. The van der Waals surface area contributed by atoms with Crippen molar-refractivity contribution in [2.75, 3.05) is 18.0 Å². The van der Waals surface area contributed by atoms with Gasteiger partial charge in [0.1, 0.15) is 5.69 Å². The van der Waals surface area contributed by atoms with Crippen LogP contribution in [0.1, 0.15) is 13.8 Å². The first kappa shape index (κ1) is 11.0. The lowest BCUT2D eigenvalue weighted by Gasteiger charge is -2.22. The van der Waals surface area contributed by atoms with Crippen LogP contribution in [-0.4, -0.2) is 13.1 Å². The summed E-state index contributed by atoms with van der Waals surface area (Å²) in [6, 6.07) is 5.35. The highest BCUT2D eigenvalue weighted by molar-refractivity contribution is 6.33. The predicted molar refractivity (Wildman–Crippen MR) is 60.5 cm³/mol. The van der Waals surface area contributed by atoms with E-state index in [0.717, 1.165) is 18.8 Å². The summed E-state index contributed by atoms with van der Waals surface area (Å²) in [4.78, 5) is 12.7. The largest absolute Gasteiger partial charge is 0.370 e. The van der Waals surface area contributed by atoms with Gasteiger partial charge < -0.3 is 4.90 Å². The molecule has 3 nitrogen and oxygen atoms in total. The average molecular weight is 213 g/mol. The van der Waals surface area contributed by atoms with Gasteiger partial charge in [0, 0.05) is 13.1 Å². The maximum absolute atomic E-state index is 10.6. The molecule has 76 valence electrons. The molecule has 1 aromatic carbocycles. The number of rotatable bonds is 4. The minimum atomic E-state index is 0.331. The third kappa shape index (κ3) is 2.04. The quantitative estimate of drug-likeness (QED) is 0.715. The Morgan fingerprint density at radius 1 is 1.36 bits per heavy atom. The van der Waals surface area contributed by atoms with E-state index in [1.165, 1.54) is 0 Å². The second kappa shape index (κ2) is 4.96. The molecular formula is C10H13ClN2O. The van der Waals surface area contributed by atoms with E-state index < -0.39 is 0 Å². The maximum Gasteiger partial charge on any atom is 0.149 e. The first-order valence-corrected chi connectivity index (χ1v) is 4.99. The minimum Gasteiger partial charge on any atom is -0.370 e. The molecule has 0 N–H and O–H groups in total. The van der Waals surface area contributed by atoms with Gasteiger partial charge in [-0.05, 0) is 31.2 Å². The molecule has 0 radical (unpaired) electrons. The van der Waals surface area contributed by atoms with Crippen molar-refractivity contribution in [3.8, 4) is 0 Å². The molecule has 1 aromatic rings. The first-order valence-electron chi connectivity index (χ1n) is 4.61. The topological polar surface area (TPSA) is 32.7 Å². The van der Waals surface area contributed by atoms with E-state index in [9.17, 15) is 4.91 Å².